The molecule has 1 fully saturated rings. The highest BCUT2D eigenvalue weighted by Crippen LogP contribution is 2.22. The van der Waals surface area contributed by atoms with Crippen molar-refractivity contribution in [3.05, 3.63) is 64.6 Å². The maximum atomic E-state index is 13.5. The number of amides is 2. The number of sulfonamides is 1. The minimum atomic E-state index is -3.73. The number of hydrogen-bond acceptors (Lipinski definition) is 4. The first-order valence-corrected chi connectivity index (χ1v) is 14.2. The summed E-state index contributed by atoms with van der Waals surface area (Å²) in [4.78, 5) is 28.1. The highest BCUT2D eigenvalue weighted by molar-refractivity contribution is 9.10. The highest BCUT2D eigenvalue weighted by Gasteiger charge is 2.31. The zero-order valence-corrected chi connectivity index (χ0v) is 22.0. The van der Waals surface area contributed by atoms with Crippen LogP contribution >= 0.6 is 15.9 Å². The SMILES string of the molecule is C[C@H](C(=O)NC1CCCCC1)N(Cc1ccccc1)C(=O)CN(c1ccc(Br)cc1)S(C)(=O)=O. The van der Waals surface area contributed by atoms with E-state index in [0.717, 1.165) is 46.3 Å². The van der Waals surface area contributed by atoms with E-state index >= 15 is 0 Å². The maximum absolute atomic E-state index is 13.5. The van der Waals surface area contributed by atoms with E-state index in [1.807, 2.05) is 30.3 Å². The molecule has 0 unspecified atom stereocenters. The van der Waals surface area contributed by atoms with Gasteiger partial charge in [-0.25, -0.2) is 8.42 Å². The minimum Gasteiger partial charge on any atom is -0.352 e. The zero-order chi connectivity index (χ0) is 24.7. The summed E-state index contributed by atoms with van der Waals surface area (Å²) in [6, 6.07) is 15.5. The molecule has 0 aromatic heterocycles. The third kappa shape index (κ3) is 7.30. The van der Waals surface area contributed by atoms with Gasteiger partial charge in [-0.15, -0.1) is 0 Å². The van der Waals surface area contributed by atoms with E-state index in [9.17, 15) is 18.0 Å². The van der Waals surface area contributed by atoms with Crippen LogP contribution in [0.15, 0.2) is 59.1 Å². The van der Waals surface area contributed by atoms with Crippen LogP contribution in [0.4, 0.5) is 5.69 Å². The van der Waals surface area contributed by atoms with Crippen molar-refractivity contribution in [3.63, 3.8) is 0 Å². The Kier molecular flexibility index (Phi) is 9.13. The molecule has 9 heteroatoms. The van der Waals surface area contributed by atoms with Crippen molar-refractivity contribution < 1.29 is 18.0 Å². The average Bonchev–Trinajstić information content (AvgIpc) is 2.81. The van der Waals surface area contributed by atoms with Crippen molar-refractivity contribution in [3.8, 4) is 0 Å². The van der Waals surface area contributed by atoms with Gasteiger partial charge in [-0.2, -0.15) is 0 Å². The second-order valence-corrected chi connectivity index (χ2v) is 11.6. The number of anilines is 1. The topological polar surface area (TPSA) is 86.8 Å². The normalized spacial score (nSPS) is 15.4. The van der Waals surface area contributed by atoms with Gasteiger partial charge in [0.25, 0.3) is 0 Å². The number of rotatable bonds is 9. The number of benzene rings is 2. The quantitative estimate of drug-likeness (QED) is 0.510. The Hall–Kier alpha value is -2.39. The van der Waals surface area contributed by atoms with Crippen LogP contribution in [0.25, 0.3) is 0 Å². The van der Waals surface area contributed by atoms with Crippen molar-refractivity contribution in [1.29, 1.82) is 0 Å². The van der Waals surface area contributed by atoms with Crippen LogP contribution in [0.3, 0.4) is 0 Å². The van der Waals surface area contributed by atoms with Crippen molar-refractivity contribution in [2.24, 2.45) is 0 Å². The third-order valence-electron chi connectivity index (χ3n) is 6.11. The van der Waals surface area contributed by atoms with Gasteiger partial charge in [0, 0.05) is 17.1 Å². The van der Waals surface area contributed by atoms with E-state index in [2.05, 4.69) is 21.2 Å². The fourth-order valence-electron chi connectivity index (χ4n) is 4.15. The molecule has 0 aliphatic heterocycles. The molecule has 2 aromatic rings. The Bertz CT molecular complexity index is 1070. The van der Waals surface area contributed by atoms with Crippen LogP contribution in [-0.2, 0) is 26.2 Å². The summed E-state index contributed by atoms with van der Waals surface area (Å²) >= 11 is 3.34. The molecule has 0 radical (unpaired) electrons. The lowest BCUT2D eigenvalue weighted by Gasteiger charge is -2.33. The summed E-state index contributed by atoms with van der Waals surface area (Å²) in [6.45, 7) is 1.51. The lowest BCUT2D eigenvalue weighted by atomic mass is 9.95. The molecule has 7 nitrogen and oxygen atoms in total. The van der Waals surface area contributed by atoms with Gasteiger partial charge < -0.3 is 10.2 Å². The molecule has 2 amide bonds. The van der Waals surface area contributed by atoms with Gasteiger partial charge in [0.2, 0.25) is 21.8 Å². The summed E-state index contributed by atoms with van der Waals surface area (Å²) in [7, 11) is -3.73. The van der Waals surface area contributed by atoms with E-state index in [4.69, 9.17) is 0 Å². The Balaban J connectivity index is 1.83. The summed E-state index contributed by atoms with van der Waals surface area (Å²) in [5.41, 5.74) is 1.25. The van der Waals surface area contributed by atoms with Crippen LogP contribution in [0.5, 0.6) is 0 Å². The van der Waals surface area contributed by atoms with Crippen LogP contribution in [0, 0.1) is 0 Å². The molecule has 34 heavy (non-hydrogen) atoms. The minimum absolute atomic E-state index is 0.118. The van der Waals surface area contributed by atoms with Crippen LogP contribution in [0.2, 0.25) is 0 Å². The van der Waals surface area contributed by atoms with E-state index in [0.29, 0.717) is 5.69 Å². The molecule has 1 atom stereocenters. The average molecular weight is 551 g/mol. The Morgan fingerprint density at radius 1 is 1.03 bits per heavy atom. The predicted molar refractivity (Wildman–Crippen MR) is 138 cm³/mol. The smallest absolute Gasteiger partial charge is 0.244 e. The lowest BCUT2D eigenvalue weighted by molar-refractivity contribution is -0.139. The van der Waals surface area contributed by atoms with Crippen molar-refractivity contribution in [1.82, 2.24) is 10.2 Å². The zero-order valence-electron chi connectivity index (χ0n) is 19.6. The van der Waals surface area contributed by atoms with Crippen molar-refractivity contribution in [2.75, 3.05) is 17.1 Å². The Morgan fingerprint density at radius 3 is 2.24 bits per heavy atom. The Morgan fingerprint density at radius 2 is 1.65 bits per heavy atom. The molecule has 184 valence electrons. The van der Waals surface area contributed by atoms with Gasteiger partial charge in [-0.05, 0) is 49.6 Å². The number of halogens is 1. The van der Waals surface area contributed by atoms with E-state index in [1.165, 1.54) is 11.3 Å². The third-order valence-corrected chi connectivity index (χ3v) is 7.78. The molecular formula is C25H32BrN3O4S. The van der Waals surface area contributed by atoms with Gasteiger partial charge in [-0.3, -0.25) is 13.9 Å². The van der Waals surface area contributed by atoms with E-state index in [-0.39, 0.29) is 18.5 Å². The number of carbonyl (C=O) groups excluding carboxylic acids is 2. The van der Waals surface area contributed by atoms with Gasteiger partial charge in [0.05, 0.1) is 11.9 Å². The van der Waals surface area contributed by atoms with E-state index in [1.54, 1.807) is 31.2 Å². The fraction of sp³-hybridized carbons (Fsp3) is 0.440. The lowest BCUT2D eigenvalue weighted by Crippen LogP contribution is -2.52. The summed E-state index contributed by atoms with van der Waals surface area (Å²) in [5.74, 6) is -0.658. The molecular weight excluding hydrogens is 518 g/mol. The second-order valence-electron chi connectivity index (χ2n) is 8.77. The monoisotopic (exact) mass is 549 g/mol. The van der Waals surface area contributed by atoms with Crippen molar-refractivity contribution in [2.45, 2.75) is 57.7 Å². The molecule has 0 bridgehead atoms. The predicted octanol–water partition coefficient (Wildman–Crippen LogP) is 4.08. The molecule has 0 saturated heterocycles. The molecule has 3 rings (SSSR count). The first kappa shape index (κ1) is 26.2. The van der Waals surface area contributed by atoms with Crippen LogP contribution < -0.4 is 9.62 Å². The molecule has 1 N–H and O–H groups in total. The van der Waals surface area contributed by atoms with Gasteiger partial charge in [-0.1, -0.05) is 65.5 Å². The van der Waals surface area contributed by atoms with Crippen LogP contribution in [-0.4, -0.2) is 50.0 Å². The molecule has 1 saturated carbocycles. The van der Waals surface area contributed by atoms with E-state index < -0.39 is 28.5 Å². The van der Waals surface area contributed by atoms with Crippen LogP contribution in [0.1, 0.15) is 44.6 Å². The van der Waals surface area contributed by atoms with Gasteiger partial charge in [0.1, 0.15) is 12.6 Å². The standard InChI is InChI=1S/C25H32BrN3O4S/c1-19(25(31)27-22-11-7-4-8-12-22)28(17-20-9-5-3-6-10-20)24(30)18-29(34(2,32)33)23-15-13-21(26)14-16-23/h3,5-6,9-10,13-16,19,22H,4,7-8,11-12,17-18H2,1-2H3,(H,27,31)/t19-/m1/s1. The second kappa shape index (κ2) is 11.8. The van der Waals surface area contributed by atoms with Gasteiger partial charge >= 0.3 is 0 Å². The first-order valence-electron chi connectivity index (χ1n) is 11.5. The highest BCUT2D eigenvalue weighted by atomic mass is 79.9. The number of nitrogens with zero attached hydrogens (tertiary/aromatic N) is 2. The summed E-state index contributed by atoms with van der Waals surface area (Å²) in [5, 5.41) is 3.09. The maximum Gasteiger partial charge on any atom is 0.244 e. The molecule has 1 aliphatic carbocycles. The van der Waals surface area contributed by atoms with Gasteiger partial charge in [0.15, 0.2) is 0 Å². The first-order chi connectivity index (χ1) is 16.1. The largest absolute Gasteiger partial charge is 0.352 e. The number of nitrogens with one attached hydrogen (secondary N) is 1. The molecule has 0 spiro atoms. The summed E-state index contributed by atoms with van der Waals surface area (Å²) in [6.07, 6.45) is 6.30. The summed E-state index contributed by atoms with van der Waals surface area (Å²) < 4.78 is 27.0. The van der Waals surface area contributed by atoms with Crippen molar-refractivity contribution >= 4 is 43.5 Å². The molecule has 2 aromatic carbocycles. The molecule has 0 heterocycles. The fourth-order valence-corrected chi connectivity index (χ4v) is 5.27. The number of carbonyl (C=O) groups is 2. The Labute approximate surface area is 210 Å². The number of hydrogen-bond donors (Lipinski definition) is 1. The molecule has 1 aliphatic rings.